The van der Waals surface area contributed by atoms with Crippen LogP contribution in [0.3, 0.4) is 0 Å². The second kappa shape index (κ2) is 7.12. The third-order valence-corrected chi connectivity index (χ3v) is 3.35. The fourth-order valence-corrected chi connectivity index (χ4v) is 2.68. The van der Waals surface area contributed by atoms with E-state index in [4.69, 9.17) is 0 Å². The maximum atomic E-state index is 9.93. The summed E-state index contributed by atoms with van der Waals surface area (Å²) >= 11 is 3.43. The van der Waals surface area contributed by atoms with Crippen LogP contribution >= 0.6 is 15.9 Å². The van der Waals surface area contributed by atoms with E-state index in [1.54, 1.807) is 6.92 Å². The first kappa shape index (κ1) is 15.5. The minimum atomic E-state index is -0.261. The van der Waals surface area contributed by atoms with Gasteiger partial charge in [-0.05, 0) is 50.4 Å². The van der Waals surface area contributed by atoms with E-state index < -0.39 is 0 Å². The van der Waals surface area contributed by atoms with Crippen LogP contribution < -0.4 is 5.32 Å². The molecule has 1 aromatic rings. The van der Waals surface area contributed by atoms with Crippen LogP contribution in [0, 0.1) is 12.8 Å². The number of phenols is 1. The summed E-state index contributed by atoms with van der Waals surface area (Å²) in [5.41, 5.74) is 1.77. The average Bonchev–Trinajstić information content (AvgIpc) is 2.23. The first-order chi connectivity index (χ1) is 8.40. The second-order valence-corrected chi connectivity index (χ2v) is 5.97. The van der Waals surface area contributed by atoms with Gasteiger partial charge in [-0.1, -0.05) is 22.9 Å². The van der Waals surface area contributed by atoms with Crippen LogP contribution in [0.4, 0.5) is 0 Å². The minimum absolute atomic E-state index is 0.261. The predicted molar refractivity (Wildman–Crippen MR) is 77.7 cm³/mol. The number of phenolic OH excluding ortho intramolecular Hbond substituents is 1. The lowest BCUT2D eigenvalue weighted by atomic mass is 10.0. The van der Waals surface area contributed by atoms with Crippen molar-refractivity contribution in [2.75, 3.05) is 6.54 Å². The van der Waals surface area contributed by atoms with Crippen molar-refractivity contribution in [3.63, 3.8) is 0 Å². The van der Waals surface area contributed by atoms with Crippen molar-refractivity contribution in [2.45, 2.75) is 39.8 Å². The van der Waals surface area contributed by atoms with Crippen molar-refractivity contribution in [1.29, 1.82) is 0 Å². The number of halogens is 1. The molecule has 18 heavy (non-hydrogen) atoms. The van der Waals surface area contributed by atoms with Crippen LogP contribution in [0.5, 0.6) is 5.75 Å². The van der Waals surface area contributed by atoms with E-state index in [9.17, 15) is 10.2 Å². The van der Waals surface area contributed by atoms with Crippen LogP contribution in [0.1, 0.15) is 31.4 Å². The lowest BCUT2D eigenvalue weighted by molar-refractivity contribution is 0.163. The van der Waals surface area contributed by atoms with Crippen molar-refractivity contribution in [2.24, 2.45) is 5.92 Å². The Morgan fingerprint density at radius 3 is 2.61 bits per heavy atom. The van der Waals surface area contributed by atoms with Gasteiger partial charge in [0.1, 0.15) is 5.75 Å². The molecule has 0 heterocycles. The summed E-state index contributed by atoms with van der Waals surface area (Å²) in [5.74, 6) is 0.772. The average molecular weight is 316 g/mol. The number of aromatic hydroxyl groups is 1. The summed E-state index contributed by atoms with van der Waals surface area (Å²) in [5, 5.41) is 22.5. The first-order valence-electron chi connectivity index (χ1n) is 6.27. The van der Waals surface area contributed by atoms with Gasteiger partial charge in [-0.2, -0.15) is 0 Å². The molecule has 0 fully saturated rings. The molecule has 1 aromatic carbocycles. The molecule has 3 N–H and O–H groups in total. The Hall–Kier alpha value is -0.580. The van der Waals surface area contributed by atoms with Crippen LogP contribution in [-0.2, 0) is 6.54 Å². The summed E-state index contributed by atoms with van der Waals surface area (Å²) < 4.78 is 0.978. The third-order valence-electron chi connectivity index (χ3n) is 2.90. The number of aliphatic hydroxyl groups excluding tert-OH is 1. The molecule has 2 atom stereocenters. The lowest BCUT2D eigenvalue weighted by Crippen LogP contribution is -2.23. The van der Waals surface area contributed by atoms with Crippen molar-refractivity contribution in [1.82, 2.24) is 5.32 Å². The molecular formula is C14H22BrNO2. The van der Waals surface area contributed by atoms with Gasteiger partial charge >= 0.3 is 0 Å². The quantitative estimate of drug-likeness (QED) is 0.756. The molecule has 4 heteroatoms. The topological polar surface area (TPSA) is 52.5 Å². The zero-order valence-corrected chi connectivity index (χ0v) is 12.8. The van der Waals surface area contributed by atoms with Crippen molar-refractivity contribution >= 4 is 15.9 Å². The fraction of sp³-hybridized carbons (Fsp3) is 0.571. The highest BCUT2D eigenvalue weighted by Gasteiger charge is 2.08. The van der Waals surface area contributed by atoms with E-state index in [1.807, 2.05) is 19.1 Å². The van der Waals surface area contributed by atoms with Crippen LogP contribution in [0.25, 0.3) is 0 Å². The normalized spacial score (nSPS) is 14.5. The van der Waals surface area contributed by atoms with Gasteiger partial charge in [-0.25, -0.2) is 0 Å². The van der Waals surface area contributed by atoms with Gasteiger partial charge in [-0.15, -0.1) is 0 Å². The summed E-state index contributed by atoms with van der Waals surface area (Å²) in [6.07, 6.45) is 0.527. The Labute approximate surface area is 117 Å². The number of hydrogen-bond acceptors (Lipinski definition) is 3. The highest BCUT2D eigenvalue weighted by atomic mass is 79.9. The fourth-order valence-electron chi connectivity index (χ4n) is 2.06. The maximum Gasteiger partial charge on any atom is 0.123 e. The zero-order chi connectivity index (χ0) is 13.7. The summed E-state index contributed by atoms with van der Waals surface area (Å²) in [6.45, 7) is 7.26. The molecule has 1 rings (SSSR count). The summed E-state index contributed by atoms with van der Waals surface area (Å²) in [6, 6.07) is 3.82. The Morgan fingerprint density at radius 2 is 2.00 bits per heavy atom. The molecule has 0 spiro atoms. The Bertz CT molecular complexity index is 394. The van der Waals surface area contributed by atoms with Gasteiger partial charge in [0.15, 0.2) is 0 Å². The third kappa shape index (κ3) is 4.96. The molecule has 0 aromatic heterocycles. The van der Waals surface area contributed by atoms with Gasteiger partial charge in [0.05, 0.1) is 6.10 Å². The molecule has 0 aliphatic rings. The monoisotopic (exact) mass is 315 g/mol. The highest BCUT2D eigenvalue weighted by Crippen LogP contribution is 2.26. The molecule has 0 saturated heterocycles. The standard InChI is InChI=1S/C14H22BrNO2/c1-9(4-11(3)17)7-16-8-12-6-13(15)5-10(2)14(12)18/h5-6,9,11,16-18H,4,7-8H2,1-3H3. The second-order valence-electron chi connectivity index (χ2n) is 5.05. The van der Waals surface area contributed by atoms with Gasteiger partial charge < -0.3 is 15.5 Å². The number of rotatable bonds is 6. The Balaban J connectivity index is 2.49. The molecule has 0 aliphatic carbocycles. The molecule has 2 unspecified atom stereocenters. The predicted octanol–water partition coefficient (Wildman–Crippen LogP) is 2.96. The Morgan fingerprint density at radius 1 is 1.33 bits per heavy atom. The number of hydrogen-bond donors (Lipinski definition) is 3. The number of aliphatic hydroxyl groups is 1. The Kier molecular flexibility index (Phi) is 6.12. The lowest BCUT2D eigenvalue weighted by Gasteiger charge is -2.15. The van der Waals surface area contributed by atoms with E-state index in [2.05, 4.69) is 28.2 Å². The van der Waals surface area contributed by atoms with Gasteiger partial charge in [0, 0.05) is 16.6 Å². The molecule has 0 bridgehead atoms. The van der Waals surface area contributed by atoms with Gasteiger partial charge in [-0.3, -0.25) is 0 Å². The van der Waals surface area contributed by atoms with Crippen molar-refractivity contribution < 1.29 is 10.2 Å². The highest BCUT2D eigenvalue weighted by molar-refractivity contribution is 9.10. The smallest absolute Gasteiger partial charge is 0.123 e. The van der Waals surface area contributed by atoms with E-state index in [-0.39, 0.29) is 6.10 Å². The van der Waals surface area contributed by atoms with Gasteiger partial charge in [0.2, 0.25) is 0 Å². The zero-order valence-electron chi connectivity index (χ0n) is 11.2. The first-order valence-corrected chi connectivity index (χ1v) is 7.06. The number of nitrogens with one attached hydrogen (secondary N) is 1. The minimum Gasteiger partial charge on any atom is -0.507 e. The molecule has 0 radical (unpaired) electrons. The number of aryl methyl sites for hydroxylation is 1. The largest absolute Gasteiger partial charge is 0.507 e. The molecule has 0 aliphatic heterocycles. The van der Waals surface area contributed by atoms with E-state index >= 15 is 0 Å². The molecule has 3 nitrogen and oxygen atoms in total. The van der Waals surface area contributed by atoms with Crippen molar-refractivity contribution in [3.8, 4) is 5.75 Å². The summed E-state index contributed by atoms with van der Waals surface area (Å²) in [4.78, 5) is 0. The number of benzene rings is 1. The van der Waals surface area contributed by atoms with E-state index in [0.29, 0.717) is 18.2 Å². The summed E-state index contributed by atoms with van der Waals surface area (Å²) in [7, 11) is 0. The van der Waals surface area contributed by atoms with Crippen LogP contribution in [0.2, 0.25) is 0 Å². The molecule has 102 valence electrons. The molecule has 0 saturated carbocycles. The maximum absolute atomic E-state index is 9.93. The molecular weight excluding hydrogens is 294 g/mol. The van der Waals surface area contributed by atoms with Crippen LogP contribution in [-0.4, -0.2) is 22.9 Å². The molecule has 0 amide bonds. The SMILES string of the molecule is Cc1cc(Br)cc(CNCC(C)CC(C)O)c1O. The van der Waals surface area contributed by atoms with Gasteiger partial charge in [0.25, 0.3) is 0 Å². The van der Waals surface area contributed by atoms with Crippen molar-refractivity contribution in [3.05, 3.63) is 27.7 Å². The van der Waals surface area contributed by atoms with Crippen LogP contribution in [0.15, 0.2) is 16.6 Å². The van der Waals surface area contributed by atoms with E-state index in [0.717, 1.165) is 28.6 Å². The van der Waals surface area contributed by atoms with E-state index in [1.165, 1.54) is 0 Å².